The van der Waals surface area contributed by atoms with E-state index in [0.717, 1.165) is 24.1 Å². The molecule has 3 heterocycles. The number of carbonyl (C=O) groups is 1. The van der Waals surface area contributed by atoms with Gasteiger partial charge in [0.15, 0.2) is 0 Å². The highest BCUT2D eigenvalue weighted by Gasteiger charge is 2.25. The summed E-state index contributed by atoms with van der Waals surface area (Å²) in [6.45, 7) is 6.79. The average Bonchev–Trinajstić information content (AvgIpc) is 2.75. The number of hydrogen-bond acceptors (Lipinski definition) is 4. The molecule has 6 nitrogen and oxygen atoms in total. The van der Waals surface area contributed by atoms with E-state index in [0.29, 0.717) is 29.5 Å². The predicted octanol–water partition coefficient (Wildman–Crippen LogP) is 3.79. The van der Waals surface area contributed by atoms with Crippen molar-refractivity contribution in [2.75, 3.05) is 11.4 Å². The molecule has 154 valence electrons. The highest BCUT2D eigenvalue weighted by atomic mass is 16.2. The second-order valence-electron chi connectivity index (χ2n) is 8.09. The standard InChI is InChI=1S/C24H26N4O2/c1-15(2)17-8-9-21-18(12-17)7-5-11-28(21)22(29)13-20-16(3)26-23(27-24(20)30)19-6-4-10-25-14-19/h4,6,8-10,12,14-15H,5,7,11,13H2,1-3H3,(H,26,27,30). The number of aryl methyl sites for hydroxylation is 2. The molecule has 6 heteroatoms. The second-order valence-corrected chi connectivity index (χ2v) is 8.09. The lowest BCUT2D eigenvalue weighted by molar-refractivity contribution is -0.118. The number of H-pyrrole nitrogens is 1. The topological polar surface area (TPSA) is 79.0 Å². The molecule has 4 rings (SSSR count). The number of benzene rings is 1. The van der Waals surface area contributed by atoms with Gasteiger partial charge in [-0.15, -0.1) is 0 Å². The Balaban J connectivity index is 1.60. The summed E-state index contributed by atoms with van der Waals surface area (Å²) in [4.78, 5) is 39.1. The van der Waals surface area contributed by atoms with Gasteiger partial charge in [-0.2, -0.15) is 0 Å². The Kier molecular flexibility index (Phi) is 5.48. The van der Waals surface area contributed by atoms with E-state index in [1.807, 2.05) is 17.0 Å². The van der Waals surface area contributed by atoms with Gasteiger partial charge in [-0.3, -0.25) is 14.6 Å². The zero-order valence-electron chi connectivity index (χ0n) is 17.6. The Morgan fingerprint density at radius 3 is 2.80 bits per heavy atom. The molecule has 0 saturated carbocycles. The maximum Gasteiger partial charge on any atom is 0.255 e. The molecule has 0 bridgehead atoms. The molecule has 1 N–H and O–H groups in total. The van der Waals surface area contributed by atoms with E-state index in [-0.39, 0.29) is 17.9 Å². The number of nitrogens with zero attached hydrogens (tertiary/aromatic N) is 3. The molecular weight excluding hydrogens is 376 g/mol. The van der Waals surface area contributed by atoms with Crippen molar-refractivity contribution in [2.24, 2.45) is 0 Å². The highest BCUT2D eigenvalue weighted by molar-refractivity contribution is 5.96. The average molecular weight is 402 g/mol. The van der Waals surface area contributed by atoms with Gasteiger partial charge in [-0.25, -0.2) is 4.98 Å². The molecule has 0 radical (unpaired) electrons. The number of amides is 1. The summed E-state index contributed by atoms with van der Waals surface area (Å²) in [6, 6.07) is 9.98. The molecule has 1 amide bonds. The quantitative estimate of drug-likeness (QED) is 0.720. The Morgan fingerprint density at radius 1 is 1.27 bits per heavy atom. The molecule has 0 spiro atoms. The SMILES string of the molecule is Cc1nc(-c2cccnc2)[nH]c(=O)c1CC(=O)N1CCCc2cc(C(C)C)ccc21. The van der Waals surface area contributed by atoms with Gasteiger partial charge in [-0.1, -0.05) is 26.0 Å². The normalized spacial score (nSPS) is 13.4. The maximum atomic E-state index is 13.1. The fraction of sp³-hybridized carbons (Fsp3) is 0.333. The number of anilines is 1. The Hall–Kier alpha value is -3.28. The summed E-state index contributed by atoms with van der Waals surface area (Å²) in [5.74, 6) is 0.844. The van der Waals surface area contributed by atoms with Crippen molar-refractivity contribution >= 4 is 11.6 Å². The molecule has 0 aliphatic carbocycles. The van der Waals surface area contributed by atoms with Crippen molar-refractivity contribution in [3.63, 3.8) is 0 Å². The first kappa shape index (κ1) is 20.0. The van der Waals surface area contributed by atoms with E-state index in [1.54, 1.807) is 25.4 Å². The first-order chi connectivity index (χ1) is 14.4. The van der Waals surface area contributed by atoms with Gasteiger partial charge >= 0.3 is 0 Å². The van der Waals surface area contributed by atoms with E-state index in [2.05, 4.69) is 40.9 Å². The summed E-state index contributed by atoms with van der Waals surface area (Å²) < 4.78 is 0. The fourth-order valence-electron chi connectivity index (χ4n) is 3.94. The minimum Gasteiger partial charge on any atom is -0.312 e. The molecule has 0 unspecified atom stereocenters. The third-order valence-corrected chi connectivity index (χ3v) is 5.68. The molecule has 0 fully saturated rings. The lowest BCUT2D eigenvalue weighted by Crippen LogP contribution is -2.38. The molecule has 1 aromatic carbocycles. The summed E-state index contributed by atoms with van der Waals surface area (Å²) in [6.07, 6.45) is 5.25. The number of aromatic nitrogens is 3. The number of carbonyl (C=O) groups excluding carboxylic acids is 1. The molecule has 1 aliphatic rings. The van der Waals surface area contributed by atoms with E-state index >= 15 is 0 Å². The summed E-state index contributed by atoms with van der Waals surface area (Å²) in [7, 11) is 0. The zero-order valence-corrected chi connectivity index (χ0v) is 17.6. The minimum atomic E-state index is -0.276. The third kappa shape index (κ3) is 3.90. The molecule has 3 aromatic rings. The first-order valence-corrected chi connectivity index (χ1v) is 10.4. The van der Waals surface area contributed by atoms with Gasteiger partial charge in [-0.05, 0) is 55.0 Å². The first-order valence-electron chi connectivity index (χ1n) is 10.4. The Labute approximate surface area is 176 Å². The Bertz CT molecular complexity index is 1140. The summed E-state index contributed by atoms with van der Waals surface area (Å²) in [5, 5.41) is 0. The van der Waals surface area contributed by atoms with Gasteiger partial charge in [0.1, 0.15) is 5.82 Å². The van der Waals surface area contributed by atoms with Crippen LogP contribution in [-0.4, -0.2) is 27.4 Å². The monoisotopic (exact) mass is 402 g/mol. The minimum absolute atomic E-state index is 0.0346. The number of fused-ring (bicyclic) bond motifs is 1. The van der Waals surface area contributed by atoms with Crippen molar-refractivity contribution in [1.82, 2.24) is 15.0 Å². The molecule has 0 saturated heterocycles. The number of aromatic amines is 1. The lowest BCUT2D eigenvalue weighted by atomic mass is 9.94. The molecule has 0 atom stereocenters. The van der Waals surface area contributed by atoms with Crippen molar-refractivity contribution in [3.8, 4) is 11.4 Å². The highest BCUT2D eigenvalue weighted by Crippen LogP contribution is 2.30. The largest absolute Gasteiger partial charge is 0.312 e. The van der Waals surface area contributed by atoms with Gasteiger partial charge in [0, 0.05) is 41.4 Å². The van der Waals surface area contributed by atoms with Crippen LogP contribution < -0.4 is 10.5 Å². The van der Waals surface area contributed by atoms with Crippen LogP contribution in [0.2, 0.25) is 0 Å². The van der Waals surface area contributed by atoms with Crippen molar-refractivity contribution < 1.29 is 4.79 Å². The lowest BCUT2D eigenvalue weighted by Gasteiger charge is -2.30. The van der Waals surface area contributed by atoms with Crippen LogP contribution in [0, 0.1) is 6.92 Å². The molecule has 30 heavy (non-hydrogen) atoms. The van der Waals surface area contributed by atoms with Crippen molar-refractivity contribution in [3.05, 3.63) is 75.5 Å². The second kappa shape index (κ2) is 8.22. The molecule has 1 aliphatic heterocycles. The van der Waals surface area contributed by atoms with Crippen LogP contribution in [0.15, 0.2) is 47.5 Å². The summed E-state index contributed by atoms with van der Waals surface area (Å²) in [5.41, 5.74) is 4.90. The van der Waals surface area contributed by atoms with Crippen LogP contribution in [0.3, 0.4) is 0 Å². The number of pyridine rings is 1. The van der Waals surface area contributed by atoms with E-state index in [9.17, 15) is 9.59 Å². The number of nitrogens with one attached hydrogen (secondary N) is 1. The van der Waals surface area contributed by atoms with Crippen LogP contribution in [0.1, 0.15) is 48.6 Å². The van der Waals surface area contributed by atoms with Gasteiger partial charge in [0.25, 0.3) is 5.56 Å². The number of rotatable bonds is 4. The van der Waals surface area contributed by atoms with Gasteiger partial charge in [0.2, 0.25) is 5.91 Å². The zero-order chi connectivity index (χ0) is 21.3. The van der Waals surface area contributed by atoms with Crippen LogP contribution in [-0.2, 0) is 17.6 Å². The fourth-order valence-corrected chi connectivity index (χ4v) is 3.94. The third-order valence-electron chi connectivity index (χ3n) is 5.68. The number of hydrogen-bond donors (Lipinski definition) is 1. The van der Waals surface area contributed by atoms with Crippen LogP contribution in [0.5, 0.6) is 0 Å². The van der Waals surface area contributed by atoms with Crippen molar-refractivity contribution in [1.29, 1.82) is 0 Å². The molecule has 2 aromatic heterocycles. The van der Waals surface area contributed by atoms with Crippen LogP contribution in [0.4, 0.5) is 5.69 Å². The van der Waals surface area contributed by atoms with Crippen LogP contribution in [0.25, 0.3) is 11.4 Å². The predicted molar refractivity (Wildman–Crippen MR) is 118 cm³/mol. The smallest absolute Gasteiger partial charge is 0.255 e. The molecular formula is C24H26N4O2. The Morgan fingerprint density at radius 2 is 2.10 bits per heavy atom. The summed E-state index contributed by atoms with van der Waals surface area (Å²) >= 11 is 0. The van der Waals surface area contributed by atoms with Gasteiger partial charge < -0.3 is 9.88 Å². The van der Waals surface area contributed by atoms with Gasteiger partial charge in [0.05, 0.1) is 6.42 Å². The maximum absolute atomic E-state index is 13.1. The van der Waals surface area contributed by atoms with E-state index < -0.39 is 0 Å². The van der Waals surface area contributed by atoms with Crippen LogP contribution >= 0.6 is 0 Å². The van der Waals surface area contributed by atoms with E-state index in [4.69, 9.17) is 0 Å². The van der Waals surface area contributed by atoms with E-state index in [1.165, 1.54) is 11.1 Å². The van der Waals surface area contributed by atoms with Crippen molar-refractivity contribution in [2.45, 2.75) is 46.0 Å².